The third-order valence-corrected chi connectivity index (χ3v) is 4.28. The van der Waals surface area contributed by atoms with Crippen LogP contribution in [0, 0.1) is 13.8 Å². The van der Waals surface area contributed by atoms with Gasteiger partial charge >= 0.3 is 11.8 Å². The summed E-state index contributed by atoms with van der Waals surface area (Å²) in [6, 6.07) is 21.6. The molecule has 136 valence electrons. The molecule has 0 unspecified atom stereocenters. The van der Waals surface area contributed by atoms with E-state index >= 15 is 0 Å². The fraction of sp³-hybridized carbons (Fsp3) is 0.0909. The van der Waals surface area contributed by atoms with Crippen molar-refractivity contribution in [2.24, 2.45) is 0 Å². The number of anilines is 4. The summed E-state index contributed by atoms with van der Waals surface area (Å²) in [4.78, 5) is 27.2. The number of nitrogen functional groups attached to an aromatic ring is 1. The molecule has 5 nitrogen and oxygen atoms in total. The Hall–Kier alpha value is -3.60. The smallest absolute Gasteiger partial charge is 0.321 e. The summed E-state index contributed by atoms with van der Waals surface area (Å²) >= 11 is 0. The van der Waals surface area contributed by atoms with Crippen LogP contribution >= 0.6 is 0 Å². The predicted octanol–water partition coefficient (Wildman–Crippen LogP) is 4.19. The van der Waals surface area contributed by atoms with Crippen LogP contribution in [0.2, 0.25) is 0 Å². The number of nitrogens with two attached hydrogens (primary N) is 1. The van der Waals surface area contributed by atoms with Gasteiger partial charge in [-0.25, -0.2) is 0 Å². The Balaban J connectivity index is 1.95. The molecule has 0 heterocycles. The van der Waals surface area contributed by atoms with E-state index in [0.717, 1.165) is 11.1 Å². The maximum absolute atomic E-state index is 13.0. The molecule has 0 aliphatic heterocycles. The van der Waals surface area contributed by atoms with Crippen LogP contribution in [-0.2, 0) is 9.59 Å². The van der Waals surface area contributed by atoms with Crippen molar-refractivity contribution in [1.82, 2.24) is 0 Å². The number of rotatable bonds is 3. The zero-order chi connectivity index (χ0) is 19.4. The quantitative estimate of drug-likeness (QED) is 0.544. The van der Waals surface area contributed by atoms with Gasteiger partial charge in [0.15, 0.2) is 0 Å². The Morgan fingerprint density at radius 3 is 1.93 bits per heavy atom. The number of nitrogens with zero attached hydrogens (tertiary/aromatic N) is 1. The maximum atomic E-state index is 13.0. The highest BCUT2D eigenvalue weighted by molar-refractivity contribution is 6.45. The van der Waals surface area contributed by atoms with E-state index in [1.807, 2.05) is 50.2 Å². The Morgan fingerprint density at radius 1 is 0.778 bits per heavy atom. The minimum Gasteiger partial charge on any atom is -0.399 e. The predicted molar refractivity (Wildman–Crippen MR) is 109 cm³/mol. The molecule has 27 heavy (non-hydrogen) atoms. The van der Waals surface area contributed by atoms with E-state index < -0.39 is 11.8 Å². The SMILES string of the molecule is Cc1cccc(C)c1NC(=O)C(=O)N(c1ccccc1)c1ccc(N)cc1. The van der Waals surface area contributed by atoms with Gasteiger partial charge in [0.05, 0.1) is 0 Å². The topological polar surface area (TPSA) is 75.4 Å². The summed E-state index contributed by atoms with van der Waals surface area (Å²) < 4.78 is 0. The van der Waals surface area contributed by atoms with Crippen LogP contribution in [0.25, 0.3) is 0 Å². The number of para-hydroxylation sites is 2. The number of nitrogens with one attached hydrogen (secondary N) is 1. The summed E-state index contributed by atoms with van der Waals surface area (Å²) in [7, 11) is 0. The van der Waals surface area contributed by atoms with E-state index in [-0.39, 0.29) is 0 Å². The molecule has 0 aliphatic rings. The Kier molecular flexibility index (Phi) is 5.22. The highest BCUT2D eigenvalue weighted by atomic mass is 16.2. The molecule has 0 saturated heterocycles. The lowest BCUT2D eigenvalue weighted by Gasteiger charge is -2.23. The molecule has 3 N–H and O–H groups in total. The normalized spacial score (nSPS) is 10.3. The average molecular weight is 359 g/mol. The minimum absolute atomic E-state index is 0.567. The summed E-state index contributed by atoms with van der Waals surface area (Å²) in [5, 5.41) is 2.75. The second-order valence-corrected chi connectivity index (χ2v) is 6.29. The van der Waals surface area contributed by atoms with Crippen LogP contribution in [0.15, 0.2) is 72.8 Å². The number of hydrogen-bond donors (Lipinski definition) is 2. The highest BCUT2D eigenvalue weighted by Gasteiger charge is 2.25. The fourth-order valence-corrected chi connectivity index (χ4v) is 2.86. The van der Waals surface area contributed by atoms with Crippen molar-refractivity contribution in [1.29, 1.82) is 0 Å². The van der Waals surface area contributed by atoms with Crippen LogP contribution in [0.3, 0.4) is 0 Å². The van der Waals surface area contributed by atoms with Crippen LogP contribution < -0.4 is 16.0 Å². The van der Waals surface area contributed by atoms with Gasteiger partial charge in [-0.3, -0.25) is 14.5 Å². The van der Waals surface area contributed by atoms with Gasteiger partial charge in [-0.05, 0) is 61.4 Å². The number of hydrogen-bond acceptors (Lipinski definition) is 3. The van der Waals surface area contributed by atoms with Gasteiger partial charge in [-0.15, -0.1) is 0 Å². The lowest BCUT2D eigenvalue weighted by molar-refractivity contribution is -0.134. The van der Waals surface area contributed by atoms with Crippen LogP contribution in [0.1, 0.15) is 11.1 Å². The summed E-state index contributed by atoms with van der Waals surface area (Å²) in [6.45, 7) is 3.78. The lowest BCUT2D eigenvalue weighted by Crippen LogP contribution is -2.37. The molecule has 0 spiro atoms. The molecule has 0 radical (unpaired) electrons. The summed E-state index contributed by atoms with van der Waals surface area (Å²) in [6.07, 6.45) is 0. The second kappa shape index (κ2) is 7.74. The summed E-state index contributed by atoms with van der Waals surface area (Å²) in [5.74, 6) is -1.37. The third kappa shape index (κ3) is 3.98. The average Bonchev–Trinajstić information content (AvgIpc) is 2.67. The van der Waals surface area contributed by atoms with Gasteiger partial charge in [-0.1, -0.05) is 36.4 Å². The maximum Gasteiger partial charge on any atom is 0.321 e. The first kappa shape index (κ1) is 18.2. The van der Waals surface area contributed by atoms with E-state index in [2.05, 4.69) is 5.32 Å². The molecule has 0 fully saturated rings. The first-order valence-electron chi connectivity index (χ1n) is 8.59. The van der Waals surface area contributed by atoms with E-state index in [9.17, 15) is 9.59 Å². The molecule has 0 atom stereocenters. The molecule has 3 rings (SSSR count). The lowest BCUT2D eigenvalue weighted by atomic mass is 10.1. The van der Waals surface area contributed by atoms with Crippen molar-refractivity contribution >= 4 is 34.6 Å². The summed E-state index contributed by atoms with van der Waals surface area (Å²) in [5.41, 5.74) is 9.95. The number of carbonyl (C=O) groups is 2. The molecule has 5 heteroatoms. The van der Waals surface area contributed by atoms with E-state index in [0.29, 0.717) is 22.7 Å². The van der Waals surface area contributed by atoms with Gasteiger partial charge in [-0.2, -0.15) is 0 Å². The van der Waals surface area contributed by atoms with Crippen molar-refractivity contribution in [3.8, 4) is 0 Å². The molecule has 2 amide bonds. The van der Waals surface area contributed by atoms with Gasteiger partial charge < -0.3 is 11.1 Å². The fourth-order valence-electron chi connectivity index (χ4n) is 2.86. The van der Waals surface area contributed by atoms with Crippen LogP contribution in [0.5, 0.6) is 0 Å². The number of aryl methyl sites for hydroxylation is 2. The molecule has 3 aromatic carbocycles. The molecule has 0 aliphatic carbocycles. The third-order valence-electron chi connectivity index (χ3n) is 4.28. The monoisotopic (exact) mass is 359 g/mol. The van der Waals surface area contributed by atoms with Crippen molar-refractivity contribution in [2.75, 3.05) is 16.0 Å². The molecule has 3 aromatic rings. The molecule has 0 saturated carbocycles. The first-order chi connectivity index (χ1) is 13.0. The Labute approximate surface area is 158 Å². The van der Waals surface area contributed by atoms with E-state index in [1.54, 1.807) is 36.4 Å². The first-order valence-corrected chi connectivity index (χ1v) is 8.59. The Morgan fingerprint density at radius 2 is 1.33 bits per heavy atom. The number of amides is 2. The number of carbonyl (C=O) groups excluding carboxylic acids is 2. The highest BCUT2D eigenvalue weighted by Crippen LogP contribution is 2.27. The minimum atomic E-state index is -0.701. The van der Waals surface area contributed by atoms with Crippen molar-refractivity contribution in [3.63, 3.8) is 0 Å². The molecular formula is C22H21N3O2. The van der Waals surface area contributed by atoms with Gasteiger partial charge in [0.2, 0.25) is 0 Å². The van der Waals surface area contributed by atoms with E-state index in [4.69, 9.17) is 5.73 Å². The molecular weight excluding hydrogens is 338 g/mol. The number of benzene rings is 3. The van der Waals surface area contributed by atoms with E-state index in [1.165, 1.54) is 4.90 Å². The zero-order valence-electron chi connectivity index (χ0n) is 15.3. The van der Waals surface area contributed by atoms with Gasteiger partial charge in [0.1, 0.15) is 0 Å². The second-order valence-electron chi connectivity index (χ2n) is 6.29. The van der Waals surface area contributed by atoms with Gasteiger partial charge in [0.25, 0.3) is 0 Å². The largest absolute Gasteiger partial charge is 0.399 e. The Bertz CT molecular complexity index is 946. The molecule has 0 bridgehead atoms. The molecule has 0 aromatic heterocycles. The van der Waals surface area contributed by atoms with Crippen molar-refractivity contribution in [3.05, 3.63) is 83.9 Å². The standard InChI is InChI=1S/C22H21N3O2/c1-15-7-6-8-16(2)20(15)24-21(26)22(27)25(18-9-4-3-5-10-18)19-13-11-17(23)12-14-19/h3-14H,23H2,1-2H3,(H,24,26). The van der Waals surface area contributed by atoms with Crippen molar-refractivity contribution in [2.45, 2.75) is 13.8 Å². The van der Waals surface area contributed by atoms with Crippen LogP contribution in [0.4, 0.5) is 22.7 Å². The van der Waals surface area contributed by atoms with Crippen LogP contribution in [-0.4, -0.2) is 11.8 Å². The zero-order valence-corrected chi connectivity index (χ0v) is 15.3. The van der Waals surface area contributed by atoms with Gasteiger partial charge in [0, 0.05) is 22.7 Å². The van der Waals surface area contributed by atoms with Crippen molar-refractivity contribution < 1.29 is 9.59 Å².